The van der Waals surface area contributed by atoms with Crippen molar-refractivity contribution in [3.8, 4) is 0 Å². The lowest BCUT2D eigenvalue weighted by Crippen LogP contribution is -2.51. The van der Waals surface area contributed by atoms with E-state index < -0.39 is 9.84 Å². The highest BCUT2D eigenvalue weighted by molar-refractivity contribution is 7.91. The van der Waals surface area contributed by atoms with Gasteiger partial charge in [-0.05, 0) is 43.9 Å². The van der Waals surface area contributed by atoms with Crippen LogP contribution in [0, 0.1) is 5.82 Å². The maximum atomic E-state index is 13.1. The average molecular weight is 397 g/mol. The number of rotatable bonds is 6. The molecule has 0 radical (unpaired) electrons. The topological polar surface area (TPSA) is 66.5 Å². The number of amides is 1. The highest BCUT2D eigenvalue weighted by atomic mass is 32.2. The van der Waals surface area contributed by atoms with E-state index in [0.29, 0.717) is 6.42 Å². The van der Waals surface area contributed by atoms with E-state index in [1.165, 1.54) is 18.6 Å². The summed E-state index contributed by atoms with van der Waals surface area (Å²) >= 11 is 0. The molecule has 1 aromatic rings. The molecular formula is C20H29FN2O3S. The lowest BCUT2D eigenvalue weighted by molar-refractivity contribution is -0.135. The normalized spacial score (nSPS) is 23.9. The number of nitrogens with zero attached hydrogens (tertiary/aromatic N) is 1. The molecule has 7 heteroatoms. The number of nitrogens with one attached hydrogen (secondary N) is 1. The van der Waals surface area contributed by atoms with Crippen molar-refractivity contribution in [2.45, 2.75) is 63.6 Å². The van der Waals surface area contributed by atoms with E-state index in [2.05, 4.69) is 5.32 Å². The quantitative estimate of drug-likeness (QED) is 0.803. The molecule has 5 nitrogen and oxygen atoms in total. The first-order valence-electron chi connectivity index (χ1n) is 9.86. The summed E-state index contributed by atoms with van der Waals surface area (Å²) in [4.78, 5) is 14.9. The van der Waals surface area contributed by atoms with Crippen LogP contribution in [0.5, 0.6) is 0 Å². The predicted octanol–water partition coefficient (Wildman–Crippen LogP) is 2.82. The smallest absolute Gasteiger partial charge is 0.237 e. The van der Waals surface area contributed by atoms with Crippen molar-refractivity contribution >= 4 is 15.7 Å². The van der Waals surface area contributed by atoms with E-state index in [9.17, 15) is 17.6 Å². The van der Waals surface area contributed by atoms with Gasteiger partial charge in [-0.3, -0.25) is 4.79 Å². The van der Waals surface area contributed by atoms with E-state index in [1.807, 2.05) is 11.8 Å². The van der Waals surface area contributed by atoms with Gasteiger partial charge in [0, 0.05) is 18.1 Å². The van der Waals surface area contributed by atoms with Gasteiger partial charge in [0.1, 0.15) is 5.82 Å². The van der Waals surface area contributed by atoms with Crippen LogP contribution in [0.3, 0.4) is 0 Å². The molecule has 3 rings (SSSR count). The zero-order chi connectivity index (χ0) is 19.4. The second kappa shape index (κ2) is 8.69. The molecule has 2 aliphatic rings. The van der Waals surface area contributed by atoms with Crippen LogP contribution in [0.25, 0.3) is 0 Å². The fraction of sp³-hybridized carbons (Fsp3) is 0.650. The molecule has 0 bridgehead atoms. The summed E-state index contributed by atoms with van der Waals surface area (Å²) in [5.41, 5.74) is 0.914. The number of benzene rings is 1. The third-order valence-corrected chi connectivity index (χ3v) is 7.54. The molecule has 1 saturated heterocycles. The van der Waals surface area contributed by atoms with Crippen LogP contribution in [0.15, 0.2) is 24.3 Å². The Labute approximate surface area is 161 Å². The lowest BCUT2D eigenvalue weighted by atomic mass is 9.93. The number of hydrogen-bond acceptors (Lipinski definition) is 4. The van der Waals surface area contributed by atoms with E-state index >= 15 is 0 Å². The number of carbonyl (C=O) groups is 1. The van der Waals surface area contributed by atoms with Gasteiger partial charge in [0.15, 0.2) is 9.84 Å². The van der Waals surface area contributed by atoms with Crippen molar-refractivity contribution in [2.24, 2.45) is 0 Å². The van der Waals surface area contributed by atoms with Crippen molar-refractivity contribution in [3.05, 3.63) is 35.6 Å². The van der Waals surface area contributed by atoms with E-state index in [0.717, 1.165) is 31.2 Å². The van der Waals surface area contributed by atoms with Crippen LogP contribution < -0.4 is 5.32 Å². The molecular weight excluding hydrogens is 367 g/mol. The number of carbonyl (C=O) groups excluding carboxylic acids is 1. The summed E-state index contributed by atoms with van der Waals surface area (Å²) in [6.07, 6.45) is 5.81. The maximum Gasteiger partial charge on any atom is 0.237 e. The van der Waals surface area contributed by atoms with Crippen molar-refractivity contribution < 1.29 is 17.6 Å². The van der Waals surface area contributed by atoms with Gasteiger partial charge in [-0.2, -0.15) is 0 Å². The molecule has 2 fully saturated rings. The van der Waals surface area contributed by atoms with Gasteiger partial charge >= 0.3 is 0 Å². The Bertz CT molecular complexity index is 745. The van der Waals surface area contributed by atoms with Gasteiger partial charge in [0.2, 0.25) is 5.91 Å². The molecule has 1 aliphatic heterocycles. The third kappa shape index (κ3) is 5.29. The minimum atomic E-state index is -3.04. The van der Waals surface area contributed by atoms with Crippen LogP contribution in [0.1, 0.15) is 57.1 Å². The first-order chi connectivity index (χ1) is 12.9. The van der Waals surface area contributed by atoms with Crippen LogP contribution in [-0.4, -0.2) is 49.4 Å². The summed E-state index contributed by atoms with van der Waals surface area (Å²) in [6, 6.07) is 6.09. The maximum absolute atomic E-state index is 13.1. The van der Waals surface area contributed by atoms with Crippen LogP contribution in [-0.2, 0) is 14.6 Å². The van der Waals surface area contributed by atoms with Gasteiger partial charge < -0.3 is 10.2 Å². The van der Waals surface area contributed by atoms with Gasteiger partial charge in [-0.1, -0.05) is 31.4 Å². The molecule has 0 aromatic heterocycles. The van der Waals surface area contributed by atoms with Crippen LogP contribution in [0.4, 0.5) is 4.39 Å². The Hall–Kier alpha value is -1.47. The van der Waals surface area contributed by atoms with Gasteiger partial charge in [-0.25, -0.2) is 12.8 Å². The highest BCUT2D eigenvalue weighted by Crippen LogP contribution is 2.28. The van der Waals surface area contributed by atoms with Crippen molar-refractivity contribution in [2.75, 3.05) is 18.1 Å². The molecule has 1 heterocycles. The van der Waals surface area contributed by atoms with Crippen LogP contribution in [0.2, 0.25) is 0 Å². The van der Waals surface area contributed by atoms with Crippen molar-refractivity contribution in [3.63, 3.8) is 0 Å². The number of halogens is 1. The Morgan fingerprint density at radius 2 is 1.81 bits per heavy atom. The predicted molar refractivity (Wildman–Crippen MR) is 104 cm³/mol. The SMILES string of the molecule is CC(NCC(=O)N(C1CCCCC1)C1CCS(=O)(=O)C1)c1ccc(F)cc1. The standard InChI is InChI=1S/C20H29FN2O3S/c1-15(16-7-9-17(21)10-8-16)22-13-20(24)23(18-5-3-2-4-6-18)19-11-12-27(25,26)14-19/h7-10,15,18-19,22H,2-6,11-14H2,1H3. The summed E-state index contributed by atoms with van der Waals surface area (Å²) in [5, 5.41) is 3.22. The second-order valence-electron chi connectivity index (χ2n) is 7.80. The van der Waals surface area contributed by atoms with E-state index in [4.69, 9.17) is 0 Å². The first-order valence-corrected chi connectivity index (χ1v) is 11.7. The summed E-state index contributed by atoms with van der Waals surface area (Å²) in [5.74, 6) is -0.0537. The largest absolute Gasteiger partial charge is 0.335 e. The summed E-state index contributed by atoms with van der Waals surface area (Å²) < 4.78 is 37.0. The number of hydrogen-bond donors (Lipinski definition) is 1. The van der Waals surface area contributed by atoms with E-state index in [-0.39, 0.29) is 47.9 Å². The molecule has 1 aliphatic carbocycles. The average Bonchev–Trinajstić information content (AvgIpc) is 3.00. The second-order valence-corrected chi connectivity index (χ2v) is 10.0. The van der Waals surface area contributed by atoms with Gasteiger partial charge in [-0.15, -0.1) is 0 Å². The molecule has 1 saturated carbocycles. The van der Waals surface area contributed by atoms with Gasteiger partial charge in [0.25, 0.3) is 0 Å². The Kier molecular flexibility index (Phi) is 6.52. The van der Waals surface area contributed by atoms with Crippen molar-refractivity contribution in [1.82, 2.24) is 10.2 Å². The zero-order valence-electron chi connectivity index (χ0n) is 15.9. The molecule has 1 amide bonds. The summed E-state index contributed by atoms with van der Waals surface area (Å²) in [7, 11) is -3.04. The Morgan fingerprint density at radius 1 is 1.15 bits per heavy atom. The van der Waals surface area contributed by atoms with E-state index in [1.54, 1.807) is 12.1 Å². The zero-order valence-corrected chi connectivity index (χ0v) is 16.7. The van der Waals surface area contributed by atoms with Crippen molar-refractivity contribution in [1.29, 1.82) is 0 Å². The van der Waals surface area contributed by atoms with Gasteiger partial charge in [0.05, 0.1) is 18.1 Å². The molecule has 1 N–H and O–H groups in total. The molecule has 2 unspecified atom stereocenters. The molecule has 1 aromatic carbocycles. The minimum absolute atomic E-state index is 0.0297. The Morgan fingerprint density at radius 3 is 2.41 bits per heavy atom. The lowest BCUT2D eigenvalue weighted by Gasteiger charge is -2.38. The molecule has 0 spiro atoms. The molecule has 150 valence electrons. The highest BCUT2D eigenvalue weighted by Gasteiger charge is 2.38. The van der Waals surface area contributed by atoms with Crippen LogP contribution >= 0.6 is 0 Å². The molecule has 27 heavy (non-hydrogen) atoms. The third-order valence-electron chi connectivity index (χ3n) is 5.79. The molecule has 2 atom stereocenters. The fourth-order valence-corrected chi connectivity index (χ4v) is 5.97. The Balaban J connectivity index is 1.66. The number of sulfone groups is 1. The summed E-state index contributed by atoms with van der Waals surface area (Å²) in [6.45, 7) is 2.09. The first kappa shape index (κ1) is 20.3. The minimum Gasteiger partial charge on any atom is -0.335 e. The monoisotopic (exact) mass is 396 g/mol. The fourth-order valence-electron chi connectivity index (χ4n) is 4.26.